The van der Waals surface area contributed by atoms with Gasteiger partial charge in [-0.15, -0.1) is 0 Å². The van der Waals surface area contributed by atoms with Crippen LogP contribution >= 0.6 is 0 Å². The summed E-state index contributed by atoms with van der Waals surface area (Å²) in [5, 5.41) is 0. The lowest BCUT2D eigenvalue weighted by Crippen LogP contribution is -2.45. The Labute approximate surface area is 140 Å². The Balaban J connectivity index is 1.52. The summed E-state index contributed by atoms with van der Waals surface area (Å²) in [6.07, 6.45) is 0. The molecule has 1 saturated heterocycles. The second kappa shape index (κ2) is 7.68. The zero-order valence-electron chi connectivity index (χ0n) is 13.7. The summed E-state index contributed by atoms with van der Waals surface area (Å²) in [6.45, 7) is 4.87. The maximum absolute atomic E-state index is 13.3. The third kappa shape index (κ3) is 4.49. The van der Waals surface area contributed by atoms with Crippen molar-refractivity contribution in [3.05, 3.63) is 59.3 Å². The first-order valence-corrected chi connectivity index (χ1v) is 8.02. The molecule has 0 N–H and O–H groups in total. The van der Waals surface area contributed by atoms with E-state index >= 15 is 0 Å². The Bertz CT molecular complexity index is 667. The van der Waals surface area contributed by atoms with E-state index in [2.05, 4.69) is 14.8 Å². The first-order valence-electron chi connectivity index (χ1n) is 8.02. The van der Waals surface area contributed by atoms with Crippen LogP contribution in [-0.2, 0) is 13.1 Å². The molecule has 0 saturated carbocycles. The quantitative estimate of drug-likeness (QED) is 0.841. The highest BCUT2D eigenvalue weighted by Gasteiger charge is 2.18. The summed E-state index contributed by atoms with van der Waals surface area (Å²) >= 11 is 0. The molecule has 2 aromatic rings. The van der Waals surface area contributed by atoms with Crippen LogP contribution in [0.15, 0.2) is 36.4 Å². The number of aromatic nitrogens is 1. The predicted octanol–water partition coefficient (Wildman–Crippen LogP) is 2.69. The summed E-state index contributed by atoms with van der Waals surface area (Å²) in [5.74, 6) is -0.417. The van der Waals surface area contributed by atoms with Crippen molar-refractivity contribution in [2.24, 2.45) is 0 Å². The molecule has 0 spiro atoms. The van der Waals surface area contributed by atoms with Gasteiger partial charge in [-0.25, -0.2) is 13.8 Å². The molecule has 6 heteroatoms. The standard InChI is InChI=1S/C18H21F2N3O/c1-24-18-4-2-3-17(21-18)13-23-7-5-22(6-8-23)12-14-9-15(19)11-16(20)10-14/h2-4,9-11H,5-8,12-13H2,1H3. The molecule has 2 heterocycles. The van der Waals surface area contributed by atoms with Crippen molar-refractivity contribution in [1.82, 2.24) is 14.8 Å². The van der Waals surface area contributed by atoms with Crippen molar-refractivity contribution in [2.45, 2.75) is 13.1 Å². The minimum Gasteiger partial charge on any atom is -0.481 e. The lowest BCUT2D eigenvalue weighted by molar-refractivity contribution is 0.120. The molecule has 0 bridgehead atoms. The van der Waals surface area contributed by atoms with Crippen LogP contribution in [0.25, 0.3) is 0 Å². The molecule has 0 radical (unpaired) electrons. The van der Waals surface area contributed by atoms with Crippen molar-refractivity contribution >= 4 is 0 Å². The van der Waals surface area contributed by atoms with Crippen molar-refractivity contribution < 1.29 is 13.5 Å². The van der Waals surface area contributed by atoms with Gasteiger partial charge in [-0.05, 0) is 23.8 Å². The molecule has 1 aliphatic heterocycles. The first kappa shape index (κ1) is 16.8. The average molecular weight is 333 g/mol. The Kier molecular flexibility index (Phi) is 5.37. The monoisotopic (exact) mass is 333 g/mol. The number of piperazine rings is 1. The summed E-state index contributed by atoms with van der Waals surface area (Å²) in [6, 6.07) is 9.47. The fourth-order valence-corrected chi connectivity index (χ4v) is 2.95. The molecule has 3 rings (SSSR count). The zero-order chi connectivity index (χ0) is 16.9. The van der Waals surface area contributed by atoms with E-state index in [4.69, 9.17) is 4.74 Å². The van der Waals surface area contributed by atoms with Gasteiger partial charge in [0.05, 0.1) is 12.8 Å². The topological polar surface area (TPSA) is 28.6 Å². The van der Waals surface area contributed by atoms with Gasteiger partial charge < -0.3 is 4.74 Å². The number of methoxy groups -OCH3 is 1. The number of rotatable bonds is 5. The maximum Gasteiger partial charge on any atom is 0.213 e. The molecule has 0 amide bonds. The summed E-state index contributed by atoms with van der Waals surface area (Å²) in [7, 11) is 1.61. The summed E-state index contributed by atoms with van der Waals surface area (Å²) in [4.78, 5) is 8.97. The van der Waals surface area contributed by atoms with E-state index in [1.807, 2.05) is 18.2 Å². The largest absolute Gasteiger partial charge is 0.481 e. The second-order valence-electron chi connectivity index (χ2n) is 6.00. The number of benzene rings is 1. The van der Waals surface area contributed by atoms with E-state index in [9.17, 15) is 8.78 Å². The summed E-state index contributed by atoms with van der Waals surface area (Å²) < 4.78 is 31.7. The average Bonchev–Trinajstić information content (AvgIpc) is 2.56. The third-order valence-corrected chi connectivity index (χ3v) is 4.17. The van der Waals surface area contributed by atoms with Gasteiger partial charge in [0.25, 0.3) is 0 Å². The van der Waals surface area contributed by atoms with Gasteiger partial charge in [0.15, 0.2) is 0 Å². The molecule has 128 valence electrons. The molecule has 1 aromatic carbocycles. The molecule has 1 aromatic heterocycles. The molecule has 1 fully saturated rings. The Morgan fingerprint density at radius 1 is 0.958 bits per heavy atom. The SMILES string of the molecule is COc1cccc(CN2CCN(Cc3cc(F)cc(F)c3)CC2)n1. The highest BCUT2D eigenvalue weighted by molar-refractivity contribution is 5.18. The molecule has 1 aliphatic rings. The fourth-order valence-electron chi connectivity index (χ4n) is 2.95. The van der Waals surface area contributed by atoms with E-state index in [1.165, 1.54) is 12.1 Å². The summed E-state index contributed by atoms with van der Waals surface area (Å²) in [5.41, 5.74) is 1.66. The van der Waals surface area contributed by atoms with E-state index in [-0.39, 0.29) is 0 Å². The van der Waals surface area contributed by atoms with Gasteiger partial charge in [0.1, 0.15) is 11.6 Å². The fraction of sp³-hybridized carbons (Fsp3) is 0.389. The highest BCUT2D eigenvalue weighted by atomic mass is 19.1. The Morgan fingerprint density at radius 3 is 2.21 bits per heavy atom. The Hall–Kier alpha value is -2.05. The minimum absolute atomic E-state index is 0.521. The van der Waals surface area contributed by atoms with E-state index < -0.39 is 11.6 Å². The van der Waals surface area contributed by atoms with Gasteiger partial charge in [-0.3, -0.25) is 9.80 Å². The van der Waals surface area contributed by atoms with Gasteiger partial charge >= 0.3 is 0 Å². The third-order valence-electron chi connectivity index (χ3n) is 4.17. The van der Waals surface area contributed by atoms with Crippen LogP contribution in [0.2, 0.25) is 0 Å². The number of ether oxygens (including phenoxy) is 1. The number of hydrogen-bond donors (Lipinski definition) is 0. The van der Waals surface area contributed by atoms with Crippen molar-refractivity contribution in [3.8, 4) is 5.88 Å². The van der Waals surface area contributed by atoms with Crippen molar-refractivity contribution in [2.75, 3.05) is 33.3 Å². The van der Waals surface area contributed by atoms with Crippen molar-refractivity contribution in [1.29, 1.82) is 0 Å². The smallest absolute Gasteiger partial charge is 0.213 e. The number of halogens is 2. The normalized spacial score (nSPS) is 16.3. The number of nitrogens with zero attached hydrogens (tertiary/aromatic N) is 3. The van der Waals surface area contributed by atoms with Crippen LogP contribution in [0.3, 0.4) is 0 Å². The molecule has 0 atom stereocenters. The molecule has 4 nitrogen and oxygen atoms in total. The first-order chi connectivity index (χ1) is 11.6. The zero-order valence-corrected chi connectivity index (χ0v) is 13.7. The van der Waals surface area contributed by atoms with E-state index in [0.717, 1.165) is 44.5 Å². The minimum atomic E-state index is -0.521. The van der Waals surface area contributed by atoms with Crippen LogP contribution in [0.4, 0.5) is 8.78 Å². The Morgan fingerprint density at radius 2 is 1.58 bits per heavy atom. The second-order valence-corrected chi connectivity index (χ2v) is 6.00. The molecular formula is C18H21F2N3O. The van der Waals surface area contributed by atoms with Crippen LogP contribution < -0.4 is 4.74 Å². The number of hydrogen-bond acceptors (Lipinski definition) is 4. The molecule has 24 heavy (non-hydrogen) atoms. The lowest BCUT2D eigenvalue weighted by Gasteiger charge is -2.34. The van der Waals surface area contributed by atoms with E-state index in [1.54, 1.807) is 7.11 Å². The molecule has 0 aliphatic carbocycles. The van der Waals surface area contributed by atoms with Crippen LogP contribution in [-0.4, -0.2) is 48.1 Å². The highest BCUT2D eigenvalue weighted by Crippen LogP contribution is 2.14. The van der Waals surface area contributed by atoms with Gasteiger partial charge in [-0.1, -0.05) is 6.07 Å². The molecule has 0 unspecified atom stereocenters. The van der Waals surface area contributed by atoms with Gasteiger partial charge in [0.2, 0.25) is 5.88 Å². The maximum atomic E-state index is 13.3. The van der Waals surface area contributed by atoms with Crippen LogP contribution in [0, 0.1) is 11.6 Å². The van der Waals surface area contributed by atoms with Crippen molar-refractivity contribution in [3.63, 3.8) is 0 Å². The van der Waals surface area contributed by atoms with E-state index in [0.29, 0.717) is 18.0 Å². The van der Waals surface area contributed by atoms with Gasteiger partial charge in [-0.2, -0.15) is 0 Å². The lowest BCUT2D eigenvalue weighted by atomic mass is 10.2. The number of pyridine rings is 1. The van der Waals surface area contributed by atoms with Crippen LogP contribution in [0.5, 0.6) is 5.88 Å². The predicted molar refractivity (Wildman–Crippen MR) is 87.7 cm³/mol. The van der Waals surface area contributed by atoms with Gasteiger partial charge in [0, 0.05) is 51.4 Å². The molecular weight excluding hydrogens is 312 g/mol. The van der Waals surface area contributed by atoms with Crippen LogP contribution in [0.1, 0.15) is 11.3 Å².